The third kappa shape index (κ3) is 10.2. The zero-order valence-electron chi connectivity index (χ0n) is 29.2. The second-order valence-corrected chi connectivity index (χ2v) is 15.8. The monoisotopic (exact) mass is 672 g/mol. The quantitative estimate of drug-likeness (QED) is 0.198. The molecule has 3 atom stereocenters. The fraction of sp³-hybridized carbons (Fsp3) is 0.487. The summed E-state index contributed by atoms with van der Waals surface area (Å²) >= 11 is 1.74. The molecule has 0 radical (unpaired) electrons. The van der Waals surface area contributed by atoms with Crippen LogP contribution in [0.1, 0.15) is 63.6 Å². The lowest BCUT2D eigenvalue weighted by molar-refractivity contribution is 0.0140. The van der Waals surface area contributed by atoms with E-state index in [9.17, 15) is 9.59 Å². The molecule has 0 aliphatic carbocycles. The van der Waals surface area contributed by atoms with Crippen molar-refractivity contribution in [1.82, 2.24) is 19.4 Å². The first kappa shape index (κ1) is 35.8. The average Bonchev–Trinajstić information content (AvgIpc) is 3.50. The van der Waals surface area contributed by atoms with Gasteiger partial charge < -0.3 is 24.6 Å². The van der Waals surface area contributed by atoms with Crippen LogP contribution in [0.3, 0.4) is 0 Å². The molecule has 3 unspecified atom stereocenters. The molecule has 2 aliphatic rings. The van der Waals surface area contributed by atoms with Gasteiger partial charge in [0.05, 0.1) is 0 Å². The zero-order valence-corrected chi connectivity index (χ0v) is 30.0. The van der Waals surface area contributed by atoms with Crippen molar-refractivity contribution in [2.75, 3.05) is 39.8 Å². The van der Waals surface area contributed by atoms with E-state index in [1.54, 1.807) is 11.9 Å². The van der Waals surface area contributed by atoms with Crippen molar-refractivity contribution in [3.05, 3.63) is 102 Å². The van der Waals surface area contributed by atoms with E-state index in [2.05, 4.69) is 83.1 Å². The third-order valence-electron chi connectivity index (χ3n) is 9.40. The van der Waals surface area contributed by atoms with Gasteiger partial charge in [-0.1, -0.05) is 79.7 Å². The number of hydrogen-bond acceptors (Lipinski definition) is 7. The summed E-state index contributed by atoms with van der Waals surface area (Å²) in [7, 11) is 2.17. The van der Waals surface area contributed by atoms with Crippen LogP contribution in [-0.4, -0.2) is 77.7 Å². The van der Waals surface area contributed by atoms with Gasteiger partial charge in [0, 0.05) is 49.1 Å². The molecule has 258 valence electrons. The zero-order chi connectivity index (χ0) is 34.1. The number of carbonyl (C=O) groups is 2. The van der Waals surface area contributed by atoms with Crippen molar-refractivity contribution in [3.8, 4) is 0 Å². The number of ether oxygens (including phenoxy) is 2. The van der Waals surface area contributed by atoms with E-state index >= 15 is 0 Å². The number of carbonyl (C=O) groups excluding carboxylic acids is 2. The van der Waals surface area contributed by atoms with Crippen LogP contribution >= 0.6 is 11.9 Å². The van der Waals surface area contributed by atoms with Crippen LogP contribution in [0.4, 0.5) is 9.59 Å². The van der Waals surface area contributed by atoms with Gasteiger partial charge in [-0.2, -0.15) is 0 Å². The number of amides is 2. The van der Waals surface area contributed by atoms with E-state index in [0.29, 0.717) is 12.5 Å². The molecular formula is C39H52N4O4S. The van der Waals surface area contributed by atoms with Crippen molar-refractivity contribution in [2.45, 2.75) is 82.1 Å². The summed E-state index contributed by atoms with van der Waals surface area (Å²) in [5.41, 5.74) is 2.83. The van der Waals surface area contributed by atoms with Crippen molar-refractivity contribution in [3.63, 3.8) is 0 Å². The van der Waals surface area contributed by atoms with E-state index < -0.39 is 11.7 Å². The maximum atomic E-state index is 12.8. The van der Waals surface area contributed by atoms with Crippen LogP contribution < -0.4 is 5.32 Å². The normalized spacial score (nSPS) is 19.4. The summed E-state index contributed by atoms with van der Waals surface area (Å²) in [6.45, 7) is 13.6. The lowest BCUT2D eigenvalue weighted by atomic mass is 9.79. The van der Waals surface area contributed by atoms with Crippen LogP contribution in [0, 0.1) is 5.92 Å². The van der Waals surface area contributed by atoms with Gasteiger partial charge in [0.2, 0.25) is 0 Å². The Morgan fingerprint density at radius 2 is 1.58 bits per heavy atom. The molecule has 5 rings (SSSR count). The Hall–Kier alpha value is -3.53. The van der Waals surface area contributed by atoms with Crippen LogP contribution in [0.25, 0.3) is 0 Å². The van der Waals surface area contributed by atoms with Crippen LogP contribution in [0.5, 0.6) is 0 Å². The Morgan fingerprint density at radius 1 is 0.896 bits per heavy atom. The number of nitrogens with zero attached hydrogens (tertiary/aromatic N) is 3. The summed E-state index contributed by atoms with van der Waals surface area (Å²) < 4.78 is 13.4. The molecule has 2 fully saturated rings. The van der Waals surface area contributed by atoms with E-state index in [1.807, 2.05) is 56.0 Å². The number of piperidine rings is 1. The predicted octanol–water partition coefficient (Wildman–Crippen LogP) is 7.73. The summed E-state index contributed by atoms with van der Waals surface area (Å²) in [4.78, 5) is 30.8. The van der Waals surface area contributed by atoms with E-state index in [4.69, 9.17) is 9.47 Å². The highest BCUT2D eigenvalue weighted by Crippen LogP contribution is 2.36. The lowest BCUT2D eigenvalue weighted by Gasteiger charge is -2.40. The van der Waals surface area contributed by atoms with Gasteiger partial charge in [0.15, 0.2) is 0 Å². The molecule has 0 bridgehead atoms. The van der Waals surface area contributed by atoms with Gasteiger partial charge in [0.25, 0.3) is 0 Å². The van der Waals surface area contributed by atoms with Gasteiger partial charge >= 0.3 is 12.2 Å². The number of fused-ring (bicyclic) bond motifs is 1. The largest absolute Gasteiger partial charge is 0.445 e. The maximum Gasteiger partial charge on any atom is 0.410 e. The smallest absolute Gasteiger partial charge is 0.410 e. The molecule has 0 aromatic heterocycles. The second kappa shape index (κ2) is 16.2. The lowest BCUT2D eigenvalue weighted by Crippen LogP contribution is -2.49. The molecule has 0 spiro atoms. The summed E-state index contributed by atoms with van der Waals surface area (Å²) in [5.74, 6) is 0.505. The minimum absolute atomic E-state index is 0.0396. The predicted molar refractivity (Wildman–Crippen MR) is 193 cm³/mol. The summed E-state index contributed by atoms with van der Waals surface area (Å²) in [5, 5.41) is 2.84. The fourth-order valence-corrected chi connectivity index (χ4v) is 7.86. The SMILES string of the molecule is CN(CC(C)(CCN1CCC2C(CCN2C(=O)OC(C)(C)C)C1)c1ccccc1)Sc1ccc(CNC(=O)OCc2ccccc2)cc1. The summed E-state index contributed by atoms with van der Waals surface area (Å²) in [6.07, 6.45) is 2.50. The molecule has 3 aromatic carbocycles. The molecule has 2 heterocycles. The van der Waals surface area contributed by atoms with Gasteiger partial charge in [-0.15, -0.1) is 0 Å². The molecule has 0 saturated carbocycles. The van der Waals surface area contributed by atoms with Gasteiger partial charge in [-0.05, 0) is 100 Å². The Morgan fingerprint density at radius 3 is 2.27 bits per heavy atom. The first-order chi connectivity index (χ1) is 23.0. The highest BCUT2D eigenvalue weighted by molar-refractivity contribution is 7.97. The number of likely N-dealkylation sites (N-methyl/N-ethyl adjacent to an activating group) is 1. The highest BCUT2D eigenvalue weighted by atomic mass is 32.2. The minimum atomic E-state index is -0.468. The Bertz CT molecular complexity index is 1470. The first-order valence-corrected chi connectivity index (χ1v) is 17.9. The molecule has 48 heavy (non-hydrogen) atoms. The number of likely N-dealkylation sites (tertiary alicyclic amines) is 2. The van der Waals surface area contributed by atoms with Crippen molar-refractivity contribution in [2.24, 2.45) is 5.92 Å². The van der Waals surface area contributed by atoms with E-state index in [-0.39, 0.29) is 24.2 Å². The second-order valence-electron chi connectivity index (χ2n) is 14.5. The number of hydrogen-bond donors (Lipinski definition) is 1. The van der Waals surface area contributed by atoms with Crippen molar-refractivity contribution < 1.29 is 19.1 Å². The van der Waals surface area contributed by atoms with Crippen LogP contribution in [-0.2, 0) is 28.0 Å². The molecule has 2 saturated heterocycles. The molecule has 8 nitrogen and oxygen atoms in total. The maximum absolute atomic E-state index is 12.8. The van der Waals surface area contributed by atoms with Gasteiger partial charge in [-0.3, -0.25) is 0 Å². The van der Waals surface area contributed by atoms with Gasteiger partial charge in [0.1, 0.15) is 12.2 Å². The van der Waals surface area contributed by atoms with E-state index in [1.165, 1.54) is 5.56 Å². The molecule has 3 aromatic rings. The van der Waals surface area contributed by atoms with E-state index in [0.717, 1.165) is 68.0 Å². The number of alkyl carbamates (subject to hydrolysis) is 1. The Labute approximate surface area is 291 Å². The van der Waals surface area contributed by atoms with Crippen LogP contribution in [0.2, 0.25) is 0 Å². The van der Waals surface area contributed by atoms with Crippen molar-refractivity contribution >= 4 is 24.1 Å². The number of benzene rings is 3. The molecule has 1 N–H and O–H groups in total. The molecular weight excluding hydrogens is 621 g/mol. The van der Waals surface area contributed by atoms with Gasteiger partial charge in [-0.25, -0.2) is 13.9 Å². The van der Waals surface area contributed by atoms with Crippen LogP contribution in [0.15, 0.2) is 89.8 Å². The Kier molecular flexibility index (Phi) is 12.1. The minimum Gasteiger partial charge on any atom is -0.445 e. The molecule has 9 heteroatoms. The third-order valence-corrected chi connectivity index (χ3v) is 10.3. The average molecular weight is 673 g/mol. The first-order valence-electron chi connectivity index (χ1n) is 17.2. The topological polar surface area (TPSA) is 74.4 Å². The molecule has 2 amide bonds. The standard InChI is InChI=1S/C39H52N4O4S/c1-38(2,3)47-37(45)43-24-20-32-27-42(23-21-35(32)43)25-22-39(4,33-14-10-7-11-15-33)29-41(5)48-34-18-16-30(17-19-34)26-40-36(44)46-28-31-12-8-6-9-13-31/h6-19,32,35H,20-29H2,1-5H3,(H,40,44). The number of nitrogens with one attached hydrogen (secondary N) is 1. The fourth-order valence-electron chi connectivity index (χ4n) is 6.89. The van der Waals surface area contributed by atoms with Crippen molar-refractivity contribution in [1.29, 1.82) is 0 Å². The highest BCUT2D eigenvalue weighted by Gasteiger charge is 2.42. The Balaban J connectivity index is 1.11. The summed E-state index contributed by atoms with van der Waals surface area (Å²) in [6, 6.07) is 29.2. The molecule has 2 aliphatic heterocycles. The number of rotatable bonds is 12.